The van der Waals surface area contributed by atoms with Crippen molar-refractivity contribution in [3.05, 3.63) is 70.9 Å². The van der Waals surface area contributed by atoms with Crippen LogP contribution >= 0.6 is 0 Å². The van der Waals surface area contributed by atoms with E-state index in [9.17, 15) is 18.0 Å². The third-order valence-electron chi connectivity index (χ3n) is 4.75. The fourth-order valence-corrected chi connectivity index (χ4v) is 4.20. The molecule has 2 amide bonds. The molecular formula is C22H24N4O4S. The van der Waals surface area contributed by atoms with E-state index in [-0.39, 0.29) is 4.90 Å². The Balaban J connectivity index is 1.68. The Morgan fingerprint density at radius 1 is 0.935 bits per heavy atom. The fourth-order valence-electron chi connectivity index (χ4n) is 3.07. The number of rotatable bonds is 5. The van der Waals surface area contributed by atoms with Crippen LogP contribution in [0.25, 0.3) is 10.9 Å². The predicted molar refractivity (Wildman–Crippen MR) is 118 cm³/mol. The number of sulfonamides is 1. The van der Waals surface area contributed by atoms with Gasteiger partial charge in [-0.3, -0.25) is 25.4 Å². The van der Waals surface area contributed by atoms with Crippen LogP contribution in [0.4, 0.5) is 0 Å². The number of nitrogens with zero attached hydrogens (tertiary/aromatic N) is 2. The van der Waals surface area contributed by atoms with Gasteiger partial charge >= 0.3 is 0 Å². The van der Waals surface area contributed by atoms with Crippen LogP contribution in [0.3, 0.4) is 0 Å². The van der Waals surface area contributed by atoms with Crippen LogP contribution in [0, 0.1) is 20.8 Å². The third-order valence-corrected chi connectivity index (χ3v) is 6.57. The van der Waals surface area contributed by atoms with Crippen LogP contribution in [0.15, 0.2) is 53.4 Å². The second-order valence-corrected chi connectivity index (χ2v) is 9.45. The highest BCUT2D eigenvalue weighted by atomic mass is 32.2. The SMILES string of the molecule is Cc1ccc(S(=O)(=O)N(C)CC(=O)NNC(=O)c2cc(C)nc3ccc(C)cc23)cc1. The predicted octanol–water partition coefficient (Wildman–Crippen LogP) is 2.24. The van der Waals surface area contributed by atoms with E-state index in [0.717, 1.165) is 15.4 Å². The monoisotopic (exact) mass is 440 g/mol. The van der Waals surface area contributed by atoms with Gasteiger partial charge in [-0.2, -0.15) is 4.31 Å². The van der Waals surface area contributed by atoms with Crippen LogP contribution in [0.5, 0.6) is 0 Å². The molecule has 162 valence electrons. The van der Waals surface area contributed by atoms with Gasteiger partial charge in [0.05, 0.1) is 22.5 Å². The minimum absolute atomic E-state index is 0.0894. The molecule has 0 saturated carbocycles. The zero-order valence-electron chi connectivity index (χ0n) is 17.8. The first kappa shape index (κ1) is 22.4. The average Bonchev–Trinajstić information content (AvgIpc) is 2.72. The molecule has 3 aromatic rings. The molecule has 0 atom stereocenters. The number of pyridine rings is 1. The number of benzene rings is 2. The van der Waals surface area contributed by atoms with Crippen LogP contribution in [0.2, 0.25) is 0 Å². The van der Waals surface area contributed by atoms with Crippen molar-refractivity contribution in [3.8, 4) is 0 Å². The van der Waals surface area contributed by atoms with Crippen LogP contribution < -0.4 is 10.9 Å². The minimum atomic E-state index is -3.83. The lowest BCUT2D eigenvalue weighted by Gasteiger charge is -2.17. The second kappa shape index (κ2) is 8.83. The molecule has 3 rings (SSSR count). The number of fused-ring (bicyclic) bond motifs is 1. The number of likely N-dealkylation sites (N-methyl/N-ethyl adjacent to an activating group) is 1. The summed E-state index contributed by atoms with van der Waals surface area (Å²) in [5.41, 5.74) is 8.23. The van der Waals surface area contributed by atoms with Crippen LogP contribution in [0.1, 0.15) is 27.2 Å². The van der Waals surface area contributed by atoms with Gasteiger partial charge in [-0.15, -0.1) is 0 Å². The number of hydrogen-bond acceptors (Lipinski definition) is 5. The number of hydrogen-bond donors (Lipinski definition) is 2. The summed E-state index contributed by atoms with van der Waals surface area (Å²) in [6.45, 7) is 5.09. The summed E-state index contributed by atoms with van der Waals surface area (Å²) in [5, 5.41) is 0.663. The smallest absolute Gasteiger partial charge is 0.270 e. The molecule has 0 aliphatic rings. The maximum Gasteiger partial charge on any atom is 0.270 e. The van der Waals surface area contributed by atoms with E-state index >= 15 is 0 Å². The number of amides is 2. The van der Waals surface area contributed by atoms with Gasteiger partial charge in [0.1, 0.15) is 0 Å². The van der Waals surface area contributed by atoms with E-state index in [1.54, 1.807) is 25.1 Å². The molecule has 1 aromatic heterocycles. The summed E-state index contributed by atoms with van der Waals surface area (Å²) >= 11 is 0. The van der Waals surface area contributed by atoms with Crippen LogP contribution in [-0.2, 0) is 14.8 Å². The quantitative estimate of drug-likeness (QED) is 0.592. The summed E-state index contributed by atoms with van der Waals surface area (Å²) in [6.07, 6.45) is 0. The molecule has 0 spiro atoms. The number of carbonyl (C=O) groups is 2. The van der Waals surface area contributed by atoms with Crippen molar-refractivity contribution in [1.29, 1.82) is 0 Å². The van der Waals surface area contributed by atoms with Gasteiger partial charge in [0, 0.05) is 18.1 Å². The van der Waals surface area contributed by atoms with Crippen molar-refractivity contribution in [2.75, 3.05) is 13.6 Å². The molecule has 0 aliphatic carbocycles. The maximum atomic E-state index is 12.7. The van der Waals surface area contributed by atoms with Gasteiger partial charge in [-0.25, -0.2) is 8.42 Å². The minimum Gasteiger partial charge on any atom is -0.272 e. The van der Waals surface area contributed by atoms with Gasteiger partial charge in [-0.1, -0.05) is 29.3 Å². The Morgan fingerprint density at radius 2 is 1.58 bits per heavy atom. The van der Waals surface area contributed by atoms with Crippen LogP contribution in [-0.4, -0.2) is 43.1 Å². The zero-order chi connectivity index (χ0) is 22.8. The molecule has 9 heteroatoms. The van der Waals surface area contributed by atoms with Crippen molar-refractivity contribution in [2.45, 2.75) is 25.7 Å². The molecular weight excluding hydrogens is 416 g/mol. The van der Waals surface area contributed by atoms with E-state index in [0.29, 0.717) is 22.2 Å². The normalized spacial score (nSPS) is 11.5. The van der Waals surface area contributed by atoms with E-state index in [1.165, 1.54) is 19.2 Å². The van der Waals surface area contributed by atoms with Crippen molar-refractivity contribution < 1.29 is 18.0 Å². The molecule has 2 N–H and O–H groups in total. The Labute approximate surface area is 181 Å². The van der Waals surface area contributed by atoms with Gasteiger partial charge < -0.3 is 0 Å². The lowest BCUT2D eigenvalue weighted by molar-refractivity contribution is -0.121. The number of carbonyl (C=O) groups excluding carboxylic acids is 2. The van der Waals surface area contributed by atoms with Gasteiger partial charge in [-0.05, 0) is 51.1 Å². The summed E-state index contributed by atoms with van der Waals surface area (Å²) in [4.78, 5) is 29.4. The summed E-state index contributed by atoms with van der Waals surface area (Å²) < 4.78 is 26.1. The van der Waals surface area contributed by atoms with E-state index in [1.807, 2.05) is 32.0 Å². The van der Waals surface area contributed by atoms with E-state index in [4.69, 9.17) is 0 Å². The number of hydrazine groups is 1. The first-order chi connectivity index (χ1) is 14.6. The fraction of sp³-hybridized carbons (Fsp3) is 0.227. The molecule has 8 nitrogen and oxygen atoms in total. The number of aromatic nitrogens is 1. The molecule has 0 aliphatic heterocycles. The molecule has 1 heterocycles. The Kier molecular flexibility index (Phi) is 6.37. The van der Waals surface area contributed by atoms with Crippen molar-refractivity contribution in [2.24, 2.45) is 0 Å². The highest BCUT2D eigenvalue weighted by Gasteiger charge is 2.23. The molecule has 0 saturated heterocycles. The molecule has 2 aromatic carbocycles. The Morgan fingerprint density at radius 3 is 2.26 bits per heavy atom. The molecule has 0 radical (unpaired) electrons. The lowest BCUT2D eigenvalue weighted by Crippen LogP contribution is -2.46. The number of nitrogens with one attached hydrogen (secondary N) is 2. The lowest BCUT2D eigenvalue weighted by atomic mass is 10.0. The second-order valence-electron chi connectivity index (χ2n) is 7.41. The first-order valence-electron chi connectivity index (χ1n) is 9.58. The maximum absolute atomic E-state index is 12.7. The Hall–Kier alpha value is -3.30. The van der Waals surface area contributed by atoms with Gasteiger partial charge in [0.25, 0.3) is 11.8 Å². The number of aryl methyl sites for hydroxylation is 3. The Bertz CT molecular complexity index is 1250. The standard InChI is InChI=1S/C22H24N4O4S/c1-14-5-8-17(9-6-14)31(29,30)26(4)13-21(27)24-25-22(28)19-12-16(3)23-20-10-7-15(2)11-18(19)20/h5-12H,13H2,1-4H3,(H,24,27)(H,25,28). The molecule has 0 bridgehead atoms. The molecule has 0 unspecified atom stereocenters. The summed E-state index contributed by atoms with van der Waals surface area (Å²) in [6, 6.07) is 13.6. The zero-order valence-corrected chi connectivity index (χ0v) is 18.6. The van der Waals surface area contributed by atoms with Crippen molar-refractivity contribution in [3.63, 3.8) is 0 Å². The summed E-state index contributed by atoms with van der Waals surface area (Å²) in [5.74, 6) is -1.18. The summed E-state index contributed by atoms with van der Waals surface area (Å²) in [7, 11) is -2.52. The van der Waals surface area contributed by atoms with Crippen molar-refractivity contribution in [1.82, 2.24) is 20.1 Å². The average molecular weight is 441 g/mol. The highest BCUT2D eigenvalue weighted by molar-refractivity contribution is 7.89. The third kappa shape index (κ3) is 5.07. The molecule has 0 fully saturated rings. The highest BCUT2D eigenvalue weighted by Crippen LogP contribution is 2.20. The van der Waals surface area contributed by atoms with E-state index < -0.39 is 28.4 Å². The first-order valence-corrected chi connectivity index (χ1v) is 11.0. The van der Waals surface area contributed by atoms with Gasteiger partial charge in [0.15, 0.2) is 0 Å². The topological polar surface area (TPSA) is 108 Å². The van der Waals surface area contributed by atoms with Gasteiger partial charge in [0.2, 0.25) is 10.0 Å². The largest absolute Gasteiger partial charge is 0.272 e. The molecule has 31 heavy (non-hydrogen) atoms. The van der Waals surface area contributed by atoms with E-state index in [2.05, 4.69) is 15.8 Å². The van der Waals surface area contributed by atoms with Crippen molar-refractivity contribution >= 4 is 32.7 Å².